The molecule has 2 rings (SSSR count). The van der Waals surface area contributed by atoms with Gasteiger partial charge in [0.05, 0.1) is 17.7 Å². The average molecular weight is 378 g/mol. The van der Waals surface area contributed by atoms with E-state index in [1.54, 1.807) is 31.2 Å². The molecular formula is C21H22N4O3. The minimum atomic E-state index is -0.422. The molecule has 2 aromatic rings. The summed E-state index contributed by atoms with van der Waals surface area (Å²) in [7, 11) is 0. The SMILES string of the molecule is CC(CC(=O)Nc1ccccc1C#N)=NNC(=O)COc1ccc(C)cc1C. The third-order valence-electron chi connectivity index (χ3n) is 3.80. The molecule has 2 amide bonds. The van der Waals surface area contributed by atoms with Gasteiger partial charge in [0.25, 0.3) is 5.91 Å². The maximum absolute atomic E-state index is 12.1. The number of amides is 2. The minimum absolute atomic E-state index is 0.0159. The van der Waals surface area contributed by atoms with E-state index in [0.29, 0.717) is 22.7 Å². The first-order chi connectivity index (χ1) is 13.4. The Morgan fingerprint density at radius 2 is 1.89 bits per heavy atom. The first-order valence-corrected chi connectivity index (χ1v) is 8.70. The van der Waals surface area contributed by atoms with Crippen LogP contribution in [0.5, 0.6) is 5.75 Å². The van der Waals surface area contributed by atoms with Crippen LogP contribution in [0.25, 0.3) is 0 Å². The van der Waals surface area contributed by atoms with Crippen LogP contribution < -0.4 is 15.5 Å². The summed E-state index contributed by atoms with van der Waals surface area (Å²) in [5, 5.41) is 15.6. The van der Waals surface area contributed by atoms with Crippen molar-refractivity contribution in [3.8, 4) is 11.8 Å². The fourth-order valence-electron chi connectivity index (χ4n) is 2.45. The lowest BCUT2D eigenvalue weighted by molar-refractivity contribution is -0.123. The Morgan fingerprint density at radius 3 is 2.61 bits per heavy atom. The highest BCUT2D eigenvalue weighted by Gasteiger charge is 2.09. The van der Waals surface area contributed by atoms with E-state index >= 15 is 0 Å². The Morgan fingerprint density at radius 1 is 1.14 bits per heavy atom. The average Bonchev–Trinajstić information content (AvgIpc) is 2.66. The number of nitrogens with zero attached hydrogens (tertiary/aromatic N) is 2. The second kappa shape index (κ2) is 9.88. The molecule has 0 bridgehead atoms. The number of nitrogens with one attached hydrogen (secondary N) is 2. The van der Waals surface area contributed by atoms with Crippen LogP contribution in [-0.2, 0) is 9.59 Å². The number of carbonyl (C=O) groups is 2. The maximum Gasteiger partial charge on any atom is 0.277 e. The van der Waals surface area contributed by atoms with Crippen molar-refractivity contribution in [1.82, 2.24) is 5.43 Å². The molecule has 2 N–H and O–H groups in total. The number of ether oxygens (including phenoxy) is 1. The van der Waals surface area contributed by atoms with Gasteiger partial charge in [-0.25, -0.2) is 5.43 Å². The van der Waals surface area contributed by atoms with Gasteiger partial charge in [-0.1, -0.05) is 29.8 Å². The third-order valence-corrected chi connectivity index (χ3v) is 3.80. The van der Waals surface area contributed by atoms with Crippen molar-refractivity contribution in [2.75, 3.05) is 11.9 Å². The van der Waals surface area contributed by atoms with Gasteiger partial charge in [0.1, 0.15) is 11.8 Å². The van der Waals surface area contributed by atoms with Crippen LogP contribution in [0.15, 0.2) is 47.6 Å². The summed E-state index contributed by atoms with van der Waals surface area (Å²) in [5.41, 5.74) is 5.67. The summed E-state index contributed by atoms with van der Waals surface area (Å²) in [5.74, 6) is -0.115. The van der Waals surface area contributed by atoms with E-state index in [0.717, 1.165) is 11.1 Å². The number of benzene rings is 2. The van der Waals surface area contributed by atoms with Crippen molar-refractivity contribution in [3.63, 3.8) is 0 Å². The summed E-state index contributed by atoms with van der Waals surface area (Å²) in [4.78, 5) is 24.0. The fraction of sp³-hybridized carbons (Fsp3) is 0.238. The number of carbonyl (C=O) groups excluding carboxylic acids is 2. The van der Waals surface area contributed by atoms with E-state index in [4.69, 9.17) is 10.00 Å². The molecule has 0 spiro atoms. The molecule has 0 saturated carbocycles. The van der Waals surface area contributed by atoms with Crippen molar-refractivity contribution in [3.05, 3.63) is 59.2 Å². The number of hydrogen-bond acceptors (Lipinski definition) is 5. The van der Waals surface area contributed by atoms with Gasteiger partial charge in [0.2, 0.25) is 5.91 Å². The zero-order valence-electron chi connectivity index (χ0n) is 16.1. The van der Waals surface area contributed by atoms with Crippen LogP contribution in [-0.4, -0.2) is 24.1 Å². The van der Waals surface area contributed by atoms with Crippen LogP contribution in [0, 0.1) is 25.2 Å². The molecule has 0 atom stereocenters. The highest BCUT2D eigenvalue weighted by Crippen LogP contribution is 2.18. The lowest BCUT2D eigenvalue weighted by Crippen LogP contribution is -2.26. The van der Waals surface area contributed by atoms with E-state index in [9.17, 15) is 9.59 Å². The normalized spacial score (nSPS) is 10.7. The molecule has 0 aromatic heterocycles. The molecular weight excluding hydrogens is 356 g/mol. The van der Waals surface area contributed by atoms with E-state index in [2.05, 4.69) is 15.8 Å². The monoisotopic (exact) mass is 378 g/mol. The van der Waals surface area contributed by atoms with Crippen LogP contribution in [0.4, 0.5) is 5.69 Å². The van der Waals surface area contributed by atoms with Crippen LogP contribution in [0.1, 0.15) is 30.0 Å². The molecule has 7 heteroatoms. The van der Waals surface area contributed by atoms with Crippen LogP contribution >= 0.6 is 0 Å². The Labute approximate surface area is 164 Å². The minimum Gasteiger partial charge on any atom is -0.483 e. The van der Waals surface area contributed by atoms with Gasteiger partial charge < -0.3 is 10.1 Å². The van der Waals surface area contributed by atoms with Gasteiger partial charge >= 0.3 is 0 Å². The zero-order chi connectivity index (χ0) is 20.5. The molecule has 7 nitrogen and oxygen atoms in total. The van der Waals surface area contributed by atoms with Gasteiger partial charge in [0, 0.05) is 5.71 Å². The van der Waals surface area contributed by atoms with Gasteiger partial charge in [-0.2, -0.15) is 10.4 Å². The van der Waals surface area contributed by atoms with Crippen molar-refractivity contribution >= 4 is 23.2 Å². The standard InChI is InChI=1S/C21H22N4O3/c1-14-8-9-19(15(2)10-14)28-13-21(27)25-24-16(3)11-20(26)23-18-7-5-4-6-17(18)12-22/h4-10H,11,13H2,1-3H3,(H,23,26)(H,25,27). The van der Waals surface area contributed by atoms with Gasteiger partial charge in [0.15, 0.2) is 6.61 Å². The van der Waals surface area contributed by atoms with E-state index in [1.165, 1.54) is 0 Å². The highest BCUT2D eigenvalue weighted by molar-refractivity contribution is 6.06. The molecule has 0 saturated heterocycles. The summed E-state index contributed by atoms with van der Waals surface area (Å²) in [6, 6.07) is 14.4. The molecule has 0 aliphatic rings. The van der Waals surface area contributed by atoms with Crippen LogP contribution in [0.3, 0.4) is 0 Å². The largest absolute Gasteiger partial charge is 0.483 e. The number of nitriles is 1. The number of anilines is 1. The molecule has 2 aromatic carbocycles. The summed E-state index contributed by atoms with van der Waals surface area (Å²) >= 11 is 0. The lowest BCUT2D eigenvalue weighted by atomic mass is 10.1. The first kappa shape index (κ1) is 20.6. The van der Waals surface area contributed by atoms with Crippen molar-refractivity contribution < 1.29 is 14.3 Å². The Balaban J connectivity index is 1.82. The molecule has 0 aliphatic heterocycles. The van der Waals surface area contributed by atoms with E-state index in [1.807, 2.05) is 38.1 Å². The number of para-hydroxylation sites is 1. The zero-order valence-corrected chi connectivity index (χ0v) is 16.1. The van der Waals surface area contributed by atoms with E-state index < -0.39 is 5.91 Å². The summed E-state index contributed by atoms with van der Waals surface area (Å²) < 4.78 is 5.48. The number of aryl methyl sites for hydroxylation is 2. The number of hydrazone groups is 1. The first-order valence-electron chi connectivity index (χ1n) is 8.70. The molecule has 0 heterocycles. The Kier molecular flexibility index (Phi) is 7.28. The molecule has 144 valence electrons. The smallest absolute Gasteiger partial charge is 0.277 e. The second-order valence-electron chi connectivity index (χ2n) is 6.32. The quantitative estimate of drug-likeness (QED) is 0.571. The fourth-order valence-corrected chi connectivity index (χ4v) is 2.45. The molecule has 0 fully saturated rings. The van der Waals surface area contributed by atoms with Crippen molar-refractivity contribution in [1.29, 1.82) is 5.26 Å². The predicted octanol–water partition coefficient (Wildman–Crippen LogP) is 3.07. The molecule has 0 aliphatic carbocycles. The van der Waals surface area contributed by atoms with Crippen LogP contribution in [0.2, 0.25) is 0 Å². The maximum atomic E-state index is 12.1. The topological polar surface area (TPSA) is 104 Å². The Bertz CT molecular complexity index is 945. The lowest BCUT2D eigenvalue weighted by Gasteiger charge is -2.09. The molecule has 0 radical (unpaired) electrons. The predicted molar refractivity (Wildman–Crippen MR) is 107 cm³/mol. The van der Waals surface area contributed by atoms with E-state index in [-0.39, 0.29) is 18.9 Å². The third kappa shape index (κ3) is 6.25. The highest BCUT2D eigenvalue weighted by atomic mass is 16.5. The van der Waals surface area contributed by atoms with Crippen molar-refractivity contribution in [2.45, 2.75) is 27.2 Å². The molecule has 0 unspecified atom stereocenters. The van der Waals surface area contributed by atoms with Gasteiger partial charge in [-0.05, 0) is 44.5 Å². The van der Waals surface area contributed by atoms with Gasteiger partial charge in [-0.15, -0.1) is 0 Å². The number of rotatable bonds is 7. The number of hydrogen-bond donors (Lipinski definition) is 2. The Hall–Kier alpha value is -3.66. The van der Waals surface area contributed by atoms with Crippen molar-refractivity contribution in [2.24, 2.45) is 5.10 Å². The second-order valence-corrected chi connectivity index (χ2v) is 6.32. The molecule has 28 heavy (non-hydrogen) atoms. The summed E-state index contributed by atoms with van der Waals surface area (Å²) in [6.07, 6.45) is -0.0159. The summed E-state index contributed by atoms with van der Waals surface area (Å²) in [6.45, 7) is 5.34. The van der Waals surface area contributed by atoms with Gasteiger partial charge in [-0.3, -0.25) is 9.59 Å².